The second kappa shape index (κ2) is 6.52. The largest absolute Gasteiger partial charge is 0.490 e. The van der Waals surface area contributed by atoms with Gasteiger partial charge in [-0.25, -0.2) is 8.42 Å². The molecular weight excluding hydrogens is 328 g/mol. The van der Waals surface area contributed by atoms with Gasteiger partial charge >= 0.3 is 0 Å². The van der Waals surface area contributed by atoms with Crippen LogP contribution in [0.1, 0.15) is 17.3 Å². The SMILES string of the molecule is CCS(=O)(=O)Nc1ccc(C(=O)N2CCOc3ccccc32)cc1. The van der Waals surface area contributed by atoms with Crippen LogP contribution < -0.4 is 14.4 Å². The molecule has 1 heterocycles. The van der Waals surface area contributed by atoms with Crippen LogP contribution in [0.3, 0.4) is 0 Å². The van der Waals surface area contributed by atoms with E-state index >= 15 is 0 Å². The summed E-state index contributed by atoms with van der Waals surface area (Å²) >= 11 is 0. The summed E-state index contributed by atoms with van der Waals surface area (Å²) in [5.41, 5.74) is 1.67. The molecule has 3 rings (SSSR count). The first-order valence-corrected chi connectivity index (χ1v) is 9.29. The molecule has 7 heteroatoms. The Kier molecular flexibility index (Phi) is 4.44. The average Bonchev–Trinajstić information content (AvgIpc) is 2.61. The molecule has 2 aromatic rings. The van der Waals surface area contributed by atoms with Gasteiger partial charge in [0.05, 0.1) is 18.0 Å². The Labute approximate surface area is 141 Å². The summed E-state index contributed by atoms with van der Waals surface area (Å²) < 4.78 is 31.2. The van der Waals surface area contributed by atoms with Crippen molar-refractivity contribution in [3.63, 3.8) is 0 Å². The maximum absolute atomic E-state index is 12.7. The Morgan fingerprint density at radius 2 is 1.88 bits per heavy atom. The van der Waals surface area contributed by atoms with E-state index in [0.717, 1.165) is 5.69 Å². The first kappa shape index (κ1) is 16.3. The van der Waals surface area contributed by atoms with Crippen LogP contribution in [0.5, 0.6) is 5.75 Å². The Balaban J connectivity index is 1.82. The molecule has 1 N–H and O–H groups in total. The minimum Gasteiger partial charge on any atom is -0.490 e. The highest BCUT2D eigenvalue weighted by Gasteiger charge is 2.24. The van der Waals surface area contributed by atoms with Crippen molar-refractivity contribution < 1.29 is 17.9 Å². The summed E-state index contributed by atoms with van der Waals surface area (Å²) in [6.45, 7) is 2.48. The number of nitrogens with zero attached hydrogens (tertiary/aromatic N) is 1. The first-order chi connectivity index (χ1) is 11.5. The molecule has 0 atom stereocenters. The van der Waals surface area contributed by atoms with Crippen molar-refractivity contribution in [3.05, 3.63) is 54.1 Å². The van der Waals surface area contributed by atoms with E-state index in [4.69, 9.17) is 4.74 Å². The number of fused-ring (bicyclic) bond motifs is 1. The van der Waals surface area contributed by atoms with E-state index in [1.165, 1.54) is 0 Å². The van der Waals surface area contributed by atoms with Crippen molar-refractivity contribution in [2.45, 2.75) is 6.92 Å². The van der Waals surface area contributed by atoms with Gasteiger partial charge in [-0.05, 0) is 43.3 Å². The predicted molar refractivity (Wildman–Crippen MR) is 93.1 cm³/mol. The topological polar surface area (TPSA) is 75.7 Å². The molecule has 1 amide bonds. The van der Waals surface area contributed by atoms with Gasteiger partial charge in [-0.15, -0.1) is 0 Å². The van der Waals surface area contributed by atoms with Crippen molar-refractivity contribution in [2.75, 3.05) is 28.5 Å². The number of nitrogens with one attached hydrogen (secondary N) is 1. The summed E-state index contributed by atoms with van der Waals surface area (Å²) in [7, 11) is -3.33. The number of anilines is 2. The predicted octanol–water partition coefficient (Wildman–Crippen LogP) is 2.49. The van der Waals surface area contributed by atoms with E-state index in [0.29, 0.717) is 30.2 Å². The van der Waals surface area contributed by atoms with Gasteiger partial charge in [0.25, 0.3) is 5.91 Å². The Morgan fingerprint density at radius 3 is 2.58 bits per heavy atom. The van der Waals surface area contributed by atoms with Gasteiger partial charge in [-0.2, -0.15) is 0 Å². The number of carbonyl (C=O) groups is 1. The number of sulfonamides is 1. The fourth-order valence-corrected chi connectivity index (χ4v) is 3.11. The average molecular weight is 346 g/mol. The van der Waals surface area contributed by atoms with Gasteiger partial charge in [-0.3, -0.25) is 9.52 Å². The van der Waals surface area contributed by atoms with Crippen LogP contribution in [0, 0.1) is 0 Å². The van der Waals surface area contributed by atoms with Gasteiger partial charge in [0, 0.05) is 11.3 Å². The highest BCUT2D eigenvalue weighted by molar-refractivity contribution is 7.92. The van der Waals surface area contributed by atoms with Crippen LogP contribution in [-0.4, -0.2) is 33.2 Å². The van der Waals surface area contributed by atoms with Crippen molar-refractivity contribution in [2.24, 2.45) is 0 Å². The smallest absolute Gasteiger partial charge is 0.258 e. The third-order valence-corrected chi connectivity index (χ3v) is 5.07. The molecule has 24 heavy (non-hydrogen) atoms. The molecule has 0 unspecified atom stereocenters. The molecule has 0 saturated heterocycles. The van der Waals surface area contributed by atoms with E-state index in [-0.39, 0.29) is 11.7 Å². The Bertz CT molecular complexity index is 847. The first-order valence-electron chi connectivity index (χ1n) is 7.64. The molecule has 0 saturated carbocycles. The lowest BCUT2D eigenvalue weighted by Crippen LogP contribution is -2.37. The third-order valence-electron chi connectivity index (χ3n) is 3.76. The summed E-state index contributed by atoms with van der Waals surface area (Å²) in [6.07, 6.45) is 0. The fourth-order valence-electron chi connectivity index (χ4n) is 2.47. The molecular formula is C17H18N2O4S. The molecule has 2 aromatic carbocycles. The number of para-hydroxylation sites is 2. The van der Waals surface area contributed by atoms with Gasteiger partial charge in [0.2, 0.25) is 10.0 Å². The minimum atomic E-state index is -3.33. The molecule has 0 fully saturated rings. The number of rotatable bonds is 4. The lowest BCUT2D eigenvalue weighted by atomic mass is 10.1. The van der Waals surface area contributed by atoms with Gasteiger partial charge < -0.3 is 9.64 Å². The number of benzene rings is 2. The standard InChI is InChI=1S/C17H18N2O4S/c1-2-24(21,22)18-14-9-7-13(8-10-14)17(20)19-11-12-23-16-6-4-3-5-15(16)19/h3-10,18H,2,11-12H2,1H3. The molecule has 0 radical (unpaired) electrons. The van der Waals surface area contributed by atoms with Crippen LogP contribution >= 0.6 is 0 Å². The maximum atomic E-state index is 12.7. The summed E-state index contributed by atoms with van der Waals surface area (Å²) in [5.74, 6) is 0.540. The van der Waals surface area contributed by atoms with Crippen LogP contribution in [-0.2, 0) is 10.0 Å². The normalized spacial score (nSPS) is 13.8. The molecule has 0 aliphatic carbocycles. The molecule has 0 aromatic heterocycles. The minimum absolute atomic E-state index is 0.00174. The quantitative estimate of drug-likeness (QED) is 0.923. The lowest BCUT2D eigenvalue weighted by molar-refractivity contribution is 0.0976. The second-order valence-corrected chi connectivity index (χ2v) is 7.37. The zero-order chi connectivity index (χ0) is 17.2. The van der Waals surface area contributed by atoms with E-state index < -0.39 is 10.0 Å². The third kappa shape index (κ3) is 3.35. The summed E-state index contributed by atoms with van der Waals surface area (Å²) in [5, 5.41) is 0. The van der Waals surface area contributed by atoms with Crippen molar-refractivity contribution in [1.29, 1.82) is 0 Å². The van der Waals surface area contributed by atoms with Gasteiger partial charge in [0.1, 0.15) is 12.4 Å². The van der Waals surface area contributed by atoms with Crippen molar-refractivity contribution >= 4 is 27.3 Å². The van der Waals surface area contributed by atoms with Gasteiger partial charge in [-0.1, -0.05) is 12.1 Å². The molecule has 1 aliphatic heterocycles. The van der Waals surface area contributed by atoms with Crippen LogP contribution in [0.25, 0.3) is 0 Å². The molecule has 1 aliphatic rings. The number of amides is 1. The van der Waals surface area contributed by atoms with E-state index in [2.05, 4.69) is 4.72 Å². The molecule has 126 valence electrons. The second-order valence-electron chi connectivity index (χ2n) is 5.36. The molecule has 0 spiro atoms. The zero-order valence-electron chi connectivity index (χ0n) is 13.2. The number of ether oxygens (including phenoxy) is 1. The van der Waals surface area contributed by atoms with Crippen LogP contribution in [0.15, 0.2) is 48.5 Å². The van der Waals surface area contributed by atoms with E-state index in [9.17, 15) is 13.2 Å². The Morgan fingerprint density at radius 1 is 1.17 bits per heavy atom. The van der Waals surface area contributed by atoms with Gasteiger partial charge in [0.15, 0.2) is 0 Å². The Hall–Kier alpha value is -2.54. The monoisotopic (exact) mass is 346 g/mol. The van der Waals surface area contributed by atoms with Crippen molar-refractivity contribution in [1.82, 2.24) is 0 Å². The summed E-state index contributed by atoms with van der Waals surface area (Å²) in [4.78, 5) is 14.4. The number of carbonyl (C=O) groups excluding carboxylic acids is 1. The van der Waals surface area contributed by atoms with E-state index in [1.54, 1.807) is 36.1 Å². The zero-order valence-corrected chi connectivity index (χ0v) is 14.0. The highest BCUT2D eigenvalue weighted by Crippen LogP contribution is 2.32. The molecule has 6 nitrogen and oxygen atoms in total. The number of hydrogen-bond acceptors (Lipinski definition) is 4. The maximum Gasteiger partial charge on any atom is 0.258 e. The van der Waals surface area contributed by atoms with Crippen LogP contribution in [0.4, 0.5) is 11.4 Å². The van der Waals surface area contributed by atoms with E-state index in [1.807, 2.05) is 24.3 Å². The molecule has 0 bridgehead atoms. The summed E-state index contributed by atoms with van der Waals surface area (Å²) in [6, 6.07) is 13.8. The highest BCUT2D eigenvalue weighted by atomic mass is 32.2. The van der Waals surface area contributed by atoms with Crippen LogP contribution in [0.2, 0.25) is 0 Å². The van der Waals surface area contributed by atoms with Crippen molar-refractivity contribution in [3.8, 4) is 5.75 Å². The fraction of sp³-hybridized carbons (Fsp3) is 0.235. The lowest BCUT2D eigenvalue weighted by Gasteiger charge is -2.29. The number of hydrogen-bond donors (Lipinski definition) is 1.